The van der Waals surface area contributed by atoms with Gasteiger partial charge >= 0.3 is 18.3 Å². The first-order chi connectivity index (χ1) is 10.3. The van der Waals surface area contributed by atoms with Crippen LogP contribution in [0.15, 0.2) is 12.3 Å². The molecule has 0 radical (unpaired) electrons. The molecule has 1 rings (SSSR count). The number of aromatic nitrogens is 1. The number of carbonyl (C=O) groups excluding carboxylic acids is 2. The van der Waals surface area contributed by atoms with Gasteiger partial charge in [-0.1, -0.05) is 12.8 Å². The molecule has 0 aliphatic heterocycles. The Morgan fingerprint density at radius 1 is 1.35 bits per heavy atom. The SMILES string of the molecule is CC(C)(C)OC(=O)Nc1cnc(N(S)C(N)=O)c(C(F)(F)F)c1. The summed E-state index contributed by atoms with van der Waals surface area (Å²) in [5.74, 6) is -0.803. The van der Waals surface area contributed by atoms with E-state index < -0.39 is 35.3 Å². The number of anilines is 2. The number of alkyl halides is 3. The van der Waals surface area contributed by atoms with Crippen LogP contribution in [0.4, 0.5) is 34.3 Å². The Balaban J connectivity index is 3.15. The van der Waals surface area contributed by atoms with Crippen molar-refractivity contribution in [1.29, 1.82) is 0 Å². The molecule has 11 heteroatoms. The smallest absolute Gasteiger partial charge is 0.420 e. The summed E-state index contributed by atoms with van der Waals surface area (Å²) < 4.78 is 44.4. The molecule has 1 heterocycles. The van der Waals surface area contributed by atoms with Gasteiger partial charge in [0.05, 0.1) is 11.9 Å². The largest absolute Gasteiger partial charge is 0.444 e. The third kappa shape index (κ3) is 5.51. The van der Waals surface area contributed by atoms with Crippen LogP contribution in [0.2, 0.25) is 0 Å². The molecule has 0 spiro atoms. The standard InChI is InChI=1S/C12H15F3N4O3S/c1-11(2,3)22-10(21)18-6-4-7(12(13,14)15)8(17-5-6)19(23)9(16)20/h4-5,23H,1-3H3,(H2,16,20)(H,18,21). The van der Waals surface area contributed by atoms with E-state index in [-0.39, 0.29) is 9.99 Å². The van der Waals surface area contributed by atoms with Crippen LogP contribution in [0.25, 0.3) is 0 Å². The topological polar surface area (TPSA) is 97.6 Å². The van der Waals surface area contributed by atoms with Gasteiger partial charge in [-0.15, -0.1) is 0 Å². The minimum absolute atomic E-state index is 0.250. The molecule has 0 unspecified atom stereocenters. The number of urea groups is 1. The summed E-state index contributed by atoms with van der Waals surface area (Å²) in [5.41, 5.74) is 2.51. The molecule has 0 aromatic carbocycles. The number of ether oxygens (including phenoxy) is 1. The lowest BCUT2D eigenvalue weighted by Gasteiger charge is -2.21. The molecule has 0 bridgehead atoms. The number of hydrogen-bond acceptors (Lipinski definition) is 5. The van der Waals surface area contributed by atoms with E-state index in [9.17, 15) is 22.8 Å². The zero-order valence-electron chi connectivity index (χ0n) is 12.4. The average molecular weight is 352 g/mol. The minimum Gasteiger partial charge on any atom is -0.444 e. The second-order valence-electron chi connectivity index (χ2n) is 5.37. The number of nitrogens with zero attached hydrogens (tertiary/aromatic N) is 2. The number of pyridine rings is 1. The number of primary amides is 1. The van der Waals surface area contributed by atoms with E-state index in [1.54, 1.807) is 20.8 Å². The van der Waals surface area contributed by atoms with Crippen molar-refractivity contribution >= 4 is 36.4 Å². The van der Waals surface area contributed by atoms with Gasteiger partial charge < -0.3 is 10.5 Å². The second kappa shape index (κ2) is 6.52. The molecule has 0 aliphatic carbocycles. The summed E-state index contributed by atoms with van der Waals surface area (Å²) in [7, 11) is 0. The fraction of sp³-hybridized carbons (Fsp3) is 0.417. The van der Waals surface area contributed by atoms with Gasteiger partial charge in [0, 0.05) is 0 Å². The number of halogens is 3. The highest BCUT2D eigenvalue weighted by molar-refractivity contribution is 7.82. The van der Waals surface area contributed by atoms with Gasteiger partial charge in [0.15, 0.2) is 5.82 Å². The van der Waals surface area contributed by atoms with Gasteiger partial charge in [0.1, 0.15) is 11.2 Å². The van der Waals surface area contributed by atoms with Crippen molar-refractivity contribution in [1.82, 2.24) is 4.98 Å². The first-order valence-electron chi connectivity index (χ1n) is 6.17. The molecular weight excluding hydrogens is 337 g/mol. The van der Waals surface area contributed by atoms with Crippen molar-refractivity contribution in [2.24, 2.45) is 5.73 Å². The Labute approximate surface area is 135 Å². The maximum Gasteiger partial charge on any atom is 0.420 e. The quantitative estimate of drug-likeness (QED) is 0.712. The molecule has 0 saturated carbocycles. The second-order valence-corrected chi connectivity index (χ2v) is 5.77. The Kier molecular flexibility index (Phi) is 5.35. The van der Waals surface area contributed by atoms with Crippen LogP contribution in [0.3, 0.4) is 0 Å². The maximum absolute atomic E-state index is 13.1. The number of hydrogen-bond donors (Lipinski definition) is 3. The molecule has 1 aromatic heterocycles. The Morgan fingerprint density at radius 3 is 2.35 bits per heavy atom. The van der Waals surface area contributed by atoms with Gasteiger partial charge in [0.25, 0.3) is 0 Å². The fourth-order valence-corrected chi connectivity index (χ4v) is 1.59. The molecule has 128 valence electrons. The molecule has 0 saturated heterocycles. The molecule has 0 fully saturated rings. The zero-order valence-corrected chi connectivity index (χ0v) is 13.3. The predicted octanol–water partition coefficient (Wildman–Crippen LogP) is 3.18. The normalized spacial score (nSPS) is 11.8. The van der Waals surface area contributed by atoms with Crippen molar-refractivity contribution in [3.8, 4) is 0 Å². The molecule has 23 heavy (non-hydrogen) atoms. The number of rotatable bonds is 2. The number of carbonyl (C=O) groups is 2. The van der Waals surface area contributed by atoms with E-state index >= 15 is 0 Å². The van der Waals surface area contributed by atoms with Crippen LogP contribution in [0, 0.1) is 0 Å². The lowest BCUT2D eigenvalue weighted by atomic mass is 10.2. The van der Waals surface area contributed by atoms with Gasteiger partial charge in [-0.05, 0) is 26.8 Å². The van der Waals surface area contributed by atoms with Crippen LogP contribution in [0.5, 0.6) is 0 Å². The summed E-state index contributed by atoms with van der Waals surface area (Å²) in [6.07, 6.45) is -4.87. The van der Waals surface area contributed by atoms with Crippen molar-refractivity contribution in [2.45, 2.75) is 32.5 Å². The summed E-state index contributed by atoms with van der Waals surface area (Å²) in [6.45, 7) is 4.79. The molecular formula is C12H15F3N4O3S. The van der Waals surface area contributed by atoms with Gasteiger partial charge in [0.2, 0.25) is 0 Å². The van der Waals surface area contributed by atoms with Crippen LogP contribution in [0.1, 0.15) is 26.3 Å². The molecule has 3 amide bonds. The first-order valence-corrected chi connectivity index (χ1v) is 6.57. The Hall–Kier alpha value is -2.17. The van der Waals surface area contributed by atoms with Crippen LogP contribution >= 0.6 is 12.8 Å². The number of nitrogens with two attached hydrogens (primary N) is 1. The maximum atomic E-state index is 13.1. The summed E-state index contributed by atoms with van der Waals surface area (Å²) in [4.78, 5) is 26.0. The van der Waals surface area contributed by atoms with E-state index in [4.69, 9.17) is 10.5 Å². The summed E-state index contributed by atoms with van der Waals surface area (Å²) >= 11 is 3.56. The Bertz CT molecular complexity index is 617. The monoisotopic (exact) mass is 352 g/mol. The predicted molar refractivity (Wildman–Crippen MR) is 80.1 cm³/mol. The van der Waals surface area contributed by atoms with E-state index in [0.717, 1.165) is 6.20 Å². The number of amides is 3. The summed E-state index contributed by atoms with van der Waals surface area (Å²) in [5, 5.41) is 2.12. The van der Waals surface area contributed by atoms with E-state index in [0.29, 0.717) is 6.07 Å². The van der Waals surface area contributed by atoms with E-state index in [1.807, 2.05) is 0 Å². The van der Waals surface area contributed by atoms with Crippen LogP contribution < -0.4 is 15.4 Å². The highest BCUT2D eigenvalue weighted by Crippen LogP contribution is 2.37. The van der Waals surface area contributed by atoms with Crippen LogP contribution in [-0.4, -0.2) is 22.7 Å². The van der Waals surface area contributed by atoms with Crippen molar-refractivity contribution < 1.29 is 27.5 Å². The van der Waals surface area contributed by atoms with Gasteiger partial charge in [-0.25, -0.2) is 18.9 Å². The zero-order chi connectivity index (χ0) is 18.0. The van der Waals surface area contributed by atoms with Gasteiger partial charge in [-0.2, -0.15) is 13.2 Å². The summed E-state index contributed by atoms with van der Waals surface area (Å²) in [6, 6.07) is -0.641. The third-order valence-electron chi connectivity index (χ3n) is 2.23. The molecule has 3 N–H and O–H groups in total. The van der Waals surface area contributed by atoms with Crippen molar-refractivity contribution in [2.75, 3.05) is 9.62 Å². The minimum atomic E-state index is -4.84. The number of thiol groups is 1. The number of nitrogens with one attached hydrogen (secondary N) is 1. The molecule has 0 atom stereocenters. The average Bonchev–Trinajstić information content (AvgIpc) is 2.34. The third-order valence-corrected chi connectivity index (χ3v) is 2.61. The molecule has 0 aliphatic rings. The first kappa shape index (κ1) is 18.9. The van der Waals surface area contributed by atoms with Crippen molar-refractivity contribution in [3.63, 3.8) is 0 Å². The lowest BCUT2D eigenvalue weighted by molar-refractivity contribution is -0.137. The molecule has 1 aromatic rings. The highest BCUT2D eigenvalue weighted by Gasteiger charge is 2.37. The molecule has 7 nitrogen and oxygen atoms in total. The Morgan fingerprint density at radius 2 is 1.91 bits per heavy atom. The lowest BCUT2D eigenvalue weighted by Crippen LogP contribution is -2.30. The van der Waals surface area contributed by atoms with E-state index in [1.165, 1.54) is 0 Å². The van der Waals surface area contributed by atoms with Gasteiger partial charge in [-0.3, -0.25) is 5.32 Å². The van der Waals surface area contributed by atoms with Crippen molar-refractivity contribution in [3.05, 3.63) is 17.8 Å². The van der Waals surface area contributed by atoms with E-state index in [2.05, 4.69) is 23.1 Å². The highest BCUT2D eigenvalue weighted by atomic mass is 32.1. The van der Waals surface area contributed by atoms with Crippen LogP contribution in [-0.2, 0) is 10.9 Å². The fourth-order valence-electron chi connectivity index (χ4n) is 1.43.